The van der Waals surface area contributed by atoms with Crippen molar-refractivity contribution in [2.45, 2.75) is 12.1 Å². The predicted molar refractivity (Wildman–Crippen MR) is 145 cm³/mol. The van der Waals surface area contributed by atoms with Crippen molar-refractivity contribution in [2.75, 3.05) is 11.1 Å². The van der Waals surface area contributed by atoms with E-state index in [1.165, 1.54) is 11.8 Å². The van der Waals surface area contributed by atoms with Crippen LogP contribution in [0.15, 0.2) is 120 Å². The van der Waals surface area contributed by atoms with Crippen LogP contribution in [-0.2, 0) is 4.79 Å². The van der Waals surface area contributed by atoms with Crippen molar-refractivity contribution in [1.82, 2.24) is 9.55 Å². The molecule has 0 saturated carbocycles. The van der Waals surface area contributed by atoms with E-state index in [9.17, 15) is 4.79 Å². The molecule has 5 heteroatoms. The van der Waals surface area contributed by atoms with Crippen LogP contribution in [0.3, 0.4) is 0 Å². The number of nitrogens with zero attached hydrogens (tertiary/aromatic N) is 2. The Hall–Kier alpha value is -4.09. The van der Waals surface area contributed by atoms with Gasteiger partial charge in [-0.05, 0) is 36.8 Å². The number of aryl methyl sites for hydroxylation is 1. The Morgan fingerprint density at radius 3 is 2.09 bits per heavy atom. The highest BCUT2D eigenvalue weighted by Crippen LogP contribution is 2.38. The zero-order valence-electron chi connectivity index (χ0n) is 19.4. The van der Waals surface area contributed by atoms with E-state index in [1.807, 2.05) is 85.8 Å². The Balaban J connectivity index is 1.56. The van der Waals surface area contributed by atoms with E-state index in [2.05, 4.69) is 46.3 Å². The van der Waals surface area contributed by atoms with Gasteiger partial charge in [0.15, 0.2) is 5.16 Å². The molecular formula is C30H25N3OS. The molecule has 5 aromatic rings. The van der Waals surface area contributed by atoms with E-state index in [0.29, 0.717) is 0 Å². The lowest BCUT2D eigenvalue weighted by Gasteiger charge is -2.13. The molecule has 1 N–H and O–H groups in total. The van der Waals surface area contributed by atoms with Gasteiger partial charge in [0.2, 0.25) is 5.91 Å². The second kappa shape index (κ2) is 10.5. The van der Waals surface area contributed by atoms with E-state index >= 15 is 0 Å². The van der Waals surface area contributed by atoms with Crippen molar-refractivity contribution in [3.05, 3.63) is 121 Å². The van der Waals surface area contributed by atoms with Gasteiger partial charge in [0.05, 0.1) is 17.1 Å². The number of rotatable bonds is 7. The minimum atomic E-state index is -0.0641. The van der Waals surface area contributed by atoms with Crippen molar-refractivity contribution in [2.24, 2.45) is 0 Å². The first-order chi connectivity index (χ1) is 17.2. The van der Waals surface area contributed by atoms with Gasteiger partial charge in [-0.2, -0.15) is 0 Å². The summed E-state index contributed by atoms with van der Waals surface area (Å²) in [5.74, 6) is 0.186. The third kappa shape index (κ3) is 5.20. The summed E-state index contributed by atoms with van der Waals surface area (Å²) in [7, 11) is 0. The molecule has 0 unspecified atom stereocenters. The minimum absolute atomic E-state index is 0.0641. The van der Waals surface area contributed by atoms with E-state index in [-0.39, 0.29) is 11.7 Å². The van der Waals surface area contributed by atoms with E-state index < -0.39 is 0 Å². The molecule has 35 heavy (non-hydrogen) atoms. The second-order valence-corrected chi connectivity index (χ2v) is 9.14. The molecule has 0 aliphatic carbocycles. The highest BCUT2D eigenvalue weighted by atomic mass is 32.2. The molecule has 0 bridgehead atoms. The highest BCUT2D eigenvalue weighted by Gasteiger charge is 2.22. The van der Waals surface area contributed by atoms with Gasteiger partial charge in [-0.15, -0.1) is 0 Å². The number of anilines is 1. The summed E-state index contributed by atoms with van der Waals surface area (Å²) in [6.07, 6.45) is 0. The van der Waals surface area contributed by atoms with Crippen LogP contribution in [0.5, 0.6) is 0 Å². The Labute approximate surface area is 209 Å². The number of benzene rings is 4. The highest BCUT2D eigenvalue weighted by molar-refractivity contribution is 7.99. The summed E-state index contributed by atoms with van der Waals surface area (Å²) >= 11 is 1.44. The summed E-state index contributed by atoms with van der Waals surface area (Å²) in [5.41, 5.74) is 6.91. The zero-order valence-corrected chi connectivity index (χ0v) is 20.2. The van der Waals surface area contributed by atoms with Gasteiger partial charge in [0.1, 0.15) is 0 Å². The van der Waals surface area contributed by atoms with Crippen LogP contribution in [0.25, 0.3) is 28.2 Å². The fraction of sp³-hybridized carbons (Fsp3) is 0.0667. The molecular weight excluding hydrogens is 450 g/mol. The number of imidazole rings is 1. The summed E-state index contributed by atoms with van der Waals surface area (Å²) in [4.78, 5) is 17.9. The number of carbonyl (C=O) groups excluding carboxylic acids is 1. The molecule has 5 rings (SSSR count). The van der Waals surface area contributed by atoms with Crippen LogP contribution in [0.4, 0.5) is 5.69 Å². The number of aromatic nitrogens is 2. The first kappa shape index (κ1) is 22.7. The SMILES string of the molecule is Cc1cccc(NC(=O)CSc2nc(-c3ccccc3)c(-c3ccccc3)n2-c2ccccc2)c1. The lowest BCUT2D eigenvalue weighted by molar-refractivity contribution is -0.113. The molecule has 0 aliphatic rings. The van der Waals surface area contributed by atoms with Gasteiger partial charge in [0.25, 0.3) is 0 Å². The van der Waals surface area contributed by atoms with Crippen LogP contribution < -0.4 is 5.32 Å². The maximum absolute atomic E-state index is 12.8. The Morgan fingerprint density at radius 2 is 1.43 bits per heavy atom. The van der Waals surface area contributed by atoms with Crippen molar-refractivity contribution in [3.8, 4) is 28.2 Å². The molecule has 4 aromatic carbocycles. The smallest absolute Gasteiger partial charge is 0.234 e. The number of hydrogen-bond acceptors (Lipinski definition) is 3. The molecule has 1 heterocycles. The largest absolute Gasteiger partial charge is 0.325 e. The Kier molecular flexibility index (Phi) is 6.77. The van der Waals surface area contributed by atoms with Gasteiger partial charge in [0, 0.05) is 22.5 Å². The second-order valence-electron chi connectivity index (χ2n) is 8.20. The Bertz CT molecular complexity index is 1430. The first-order valence-corrected chi connectivity index (χ1v) is 12.5. The molecule has 4 nitrogen and oxygen atoms in total. The minimum Gasteiger partial charge on any atom is -0.325 e. The third-order valence-electron chi connectivity index (χ3n) is 5.59. The van der Waals surface area contributed by atoms with Crippen molar-refractivity contribution >= 4 is 23.4 Å². The van der Waals surface area contributed by atoms with Gasteiger partial charge in [-0.25, -0.2) is 4.98 Å². The topological polar surface area (TPSA) is 46.9 Å². The van der Waals surface area contributed by atoms with Gasteiger partial charge >= 0.3 is 0 Å². The van der Waals surface area contributed by atoms with Gasteiger partial charge in [-0.3, -0.25) is 9.36 Å². The van der Waals surface area contributed by atoms with Crippen molar-refractivity contribution in [1.29, 1.82) is 0 Å². The summed E-state index contributed by atoms with van der Waals surface area (Å²) in [6, 6.07) is 38.5. The molecule has 0 radical (unpaired) electrons. The number of nitrogens with one attached hydrogen (secondary N) is 1. The Morgan fingerprint density at radius 1 is 0.800 bits per heavy atom. The molecule has 0 fully saturated rings. The van der Waals surface area contributed by atoms with Crippen LogP contribution >= 0.6 is 11.8 Å². The molecule has 1 amide bonds. The maximum atomic E-state index is 12.8. The molecule has 172 valence electrons. The standard InChI is InChI=1S/C30H25N3OS/c1-22-12-11-17-25(20-22)31-27(34)21-35-30-32-28(23-13-5-2-6-14-23)29(24-15-7-3-8-16-24)33(30)26-18-9-4-10-19-26/h2-20H,21H2,1H3,(H,31,34). The quantitative estimate of drug-likeness (QED) is 0.252. The fourth-order valence-corrected chi connectivity index (χ4v) is 4.84. The molecule has 0 saturated heterocycles. The summed E-state index contributed by atoms with van der Waals surface area (Å²) in [5, 5.41) is 3.77. The van der Waals surface area contributed by atoms with Crippen LogP contribution in [0.2, 0.25) is 0 Å². The molecule has 1 aromatic heterocycles. The van der Waals surface area contributed by atoms with E-state index in [4.69, 9.17) is 4.98 Å². The third-order valence-corrected chi connectivity index (χ3v) is 6.53. The average molecular weight is 476 g/mol. The monoisotopic (exact) mass is 475 g/mol. The first-order valence-electron chi connectivity index (χ1n) is 11.5. The number of para-hydroxylation sites is 1. The number of hydrogen-bond donors (Lipinski definition) is 1. The molecule has 0 aliphatic heterocycles. The van der Waals surface area contributed by atoms with E-state index in [0.717, 1.165) is 44.6 Å². The lowest BCUT2D eigenvalue weighted by atomic mass is 10.0. The van der Waals surface area contributed by atoms with Crippen molar-refractivity contribution < 1.29 is 4.79 Å². The van der Waals surface area contributed by atoms with Crippen molar-refractivity contribution in [3.63, 3.8) is 0 Å². The number of thioether (sulfide) groups is 1. The van der Waals surface area contributed by atoms with Gasteiger partial charge < -0.3 is 5.32 Å². The van der Waals surface area contributed by atoms with Crippen LogP contribution in [0, 0.1) is 6.92 Å². The normalized spacial score (nSPS) is 10.8. The zero-order chi connectivity index (χ0) is 24.0. The average Bonchev–Trinajstić information content (AvgIpc) is 3.29. The van der Waals surface area contributed by atoms with Crippen LogP contribution in [0.1, 0.15) is 5.56 Å². The molecule has 0 spiro atoms. The number of amides is 1. The lowest BCUT2D eigenvalue weighted by Crippen LogP contribution is -2.14. The summed E-state index contributed by atoms with van der Waals surface area (Å²) < 4.78 is 2.16. The van der Waals surface area contributed by atoms with E-state index in [1.54, 1.807) is 0 Å². The fourth-order valence-electron chi connectivity index (χ4n) is 4.02. The maximum Gasteiger partial charge on any atom is 0.234 e. The van der Waals surface area contributed by atoms with Crippen LogP contribution in [-0.4, -0.2) is 21.2 Å². The molecule has 0 atom stereocenters. The number of carbonyl (C=O) groups is 1. The summed E-state index contributed by atoms with van der Waals surface area (Å²) in [6.45, 7) is 2.01. The predicted octanol–water partition coefficient (Wildman–Crippen LogP) is 7.25. The van der Waals surface area contributed by atoms with Gasteiger partial charge in [-0.1, -0.05) is 103 Å².